The second-order valence-corrected chi connectivity index (χ2v) is 8.30. The molecule has 2 heterocycles. The van der Waals surface area contributed by atoms with Crippen LogP contribution >= 0.6 is 0 Å². The topological polar surface area (TPSA) is 114 Å². The van der Waals surface area contributed by atoms with Crippen molar-refractivity contribution < 1.29 is 33.4 Å². The van der Waals surface area contributed by atoms with Crippen LogP contribution in [0, 0.1) is 0 Å². The van der Waals surface area contributed by atoms with Crippen molar-refractivity contribution in [2.75, 3.05) is 32.1 Å². The first-order valence-electron chi connectivity index (χ1n) is 10.8. The molecule has 3 aliphatic rings. The largest absolute Gasteiger partial charge is 0.486 e. The molecular weight excluding hydrogens is 418 g/mol. The first kappa shape index (κ1) is 21.9. The maximum atomic E-state index is 13.0. The molecular formula is C22H27N3O7. The third-order valence-corrected chi connectivity index (χ3v) is 6.26. The Labute approximate surface area is 185 Å². The zero-order valence-corrected chi connectivity index (χ0v) is 18.2. The van der Waals surface area contributed by atoms with Crippen molar-refractivity contribution in [1.29, 1.82) is 0 Å². The van der Waals surface area contributed by atoms with Gasteiger partial charge in [-0.05, 0) is 31.9 Å². The molecule has 1 atom stereocenters. The average molecular weight is 445 g/mol. The molecule has 10 heteroatoms. The van der Waals surface area contributed by atoms with Gasteiger partial charge in [-0.1, -0.05) is 19.3 Å². The van der Waals surface area contributed by atoms with E-state index in [0.717, 1.165) is 24.2 Å². The quantitative estimate of drug-likeness (QED) is 0.544. The van der Waals surface area contributed by atoms with Gasteiger partial charge in [0, 0.05) is 18.8 Å². The lowest BCUT2D eigenvalue weighted by Gasteiger charge is -2.35. The molecule has 1 saturated heterocycles. The van der Waals surface area contributed by atoms with Crippen LogP contribution < -0.4 is 14.8 Å². The van der Waals surface area contributed by atoms with Gasteiger partial charge >= 0.3 is 12.0 Å². The molecule has 172 valence electrons. The number of carbonyl (C=O) groups is 4. The molecule has 0 bridgehead atoms. The third-order valence-electron chi connectivity index (χ3n) is 6.26. The standard InChI is InChI=1S/C22H27N3O7/c1-14(19(27)23-15-6-7-16-17(12-15)31-11-10-30-16)32-18(26)13-25-20(28)22(24(2)21(25)29)8-4-3-5-9-22/h6-7,12,14H,3-5,8-11,13H2,1-2H3,(H,23,27). The fourth-order valence-electron chi connectivity index (χ4n) is 4.45. The van der Waals surface area contributed by atoms with Crippen LogP contribution in [0.15, 0.2) is 18.2 Å². The second kappa shape index (κ2) is 8.68. The van der Waals surface area contributed by atoms with Crippen molar-refractivity contribution in [3.63, 3.8) is 0 Å². The van der Waals surface area contributed by atoms with Gasteiger partial charge in [0.15, 0.2) is 17.6 Å². The Morgan fingerprint density at radius 1 is 1.12 bits per heavy atom. The lowest BCUT2D eigenvalue weighted by atomic mass is 9.81. The third kappa shape index (κ3) is 3.96. The molecule has 1 unspecified atom stereocenters. The predicted molar refractivity (Wildman–Crippen MR) is 112 cm³/mol. The van der Waals surface area contributed by atoms with Crippen molar-refractivity contribution in [2.24, 2.45) is 0 Å². The Morgan fingerprint density at radius 3 is 2.53 bits per heavy atom. The lowest BCUT2D eigenvalue weighted by molar-refractivity contribution is -0.155. The average Bonchev–Trinajstić information content (AvgIpc) is 2.95. The van der Waals surface area contributed by atoms with Crippen LogP contribution in [0.2, 0.25) is 0 Å². The number of urea groups is 1. The van der Waals surface area contributed by atoms with Crippen LogP contribution in [0.5, 0.6) is 11.5 Å². The summed E-state index contributed by atoms with van der Waals surface area (Å²) < 4.78 is 16.1. The van der Waals surface area contributed by atoms with Gasteiger partial charge in [-0.25, -0.2) is 4.79 Å². The number of ether oxygens (including phenoxy) is 3. The molecule has 1 spiro atoms. The van der Waals surface area contributed by atoms with Gasteiger partial charge in [-0.3, -0.25) is 19.3 Å². The van der Waals surface area contributed by atoms with Gasteiger partial charge in [-0.2, -0.15) is 0 Å². The van der Waals surface area contributed by atoms with Gasteiger partial charge < -0.3 is 24.4 Å². The molecule has 1 aromatic rings. The van der Waals surface area contributed by atoms with Gasteiger partial charge in [0.05, 0.1) is 0 Å². The lowest BCUT2D eigenvalue weighted by Crippen LogP contribution is -2.49. The monoisotopic (exact) mass is 445 g/mol. The zero-order chi connectivity index (χ0) is 22.9. The van der Waals surface area contributed by atoms with Crippen molar-refractivity contribution in [3.05, 3.63) is 18.2 Å². The van der Waals surface area contributed by atoms with Gasteiger partial charge in [0.25, 0.3) is 11.8 Å². The van der Waals surface area contributed by atoms with E-state index in [9.17, 15) is 19.2 Å². The Bertz CT molecular complexity index is 941. The van der Waals surface area contributed by atoms with Gasteiger partial charge in [0.2, 0.25) is 0 Å². The molecule has 4 rings (SSSR count). The van der Waals surface area contributed by atoms with Gasteiger partial charge in [-0.15, -0.1) is 0 Å². The number of fused-ring (bicyclic) bond motifs is 1. The molecule has 1 N–H and O–H groups in total. The van der Waals surface area contributed by atoms with Crippen LogP contribution in [-0.2, 0) is 19.1 Å². The SMILES string of the molecule is CC(OC(=O)CN1C(=O)N(C)C2(CCCCC2)C1=O)C(=O)Nc1ccc2c(c1)OCCO2. The first-order valence-corrected chi connectivity index (χ1v) is 10.8. The zero-order valence-electron chi connectivity index (χ0n) is 18.2. The van der Waals surface area contributed by atoms with Crippen molar-refractivity contribution >= 4 is 29.5 Å². The molecule has 32 heavy (non-hydrogen) atoms. The number of hydrogen-bond donors (Lipinski definition) is 1. The normalized spacial score (nSPS) is 20.3. The molecule has 4 amide bonds. The van der Waals surface area contributed by atoms with Crippen molar-refractivity contribution in [1.82, 2.24) is 9.80 Å². The minimum Gasteiger partial charge on any atom is -0.486 e. The number of carbonyl (C=O) groups excluding carboxylic acids is 4. The van der Waals surface area contributed by atoms with Crippen LogP contribution in [0.25, 0.3) is 0 Å². The fraction of sp³-hybridized carbons (Fsp3) is 0.545. The number of likely N-dealkylation sites (N-methyl/N-ethyl adjacent to an activating group) is 1. The Kier molecular flexibility index (Phi) is 5.94. The number of nitrogens with one attached hydrogen (secondary N) is 1. The van der Waals surface area contributed by atoms with Crippen LogP contribution in [0.1, 0.15) is 39.0 Å². The Hall–Kier alpha value is -3.30. The summed E-state index contributed by atoms with van der Waals surface area (Å²) in [5, 5.41) is 2.65. The predicted octanol–water partition coefficient (Wildman–Crippen LogP) is 1.92. The second-order valence-electron chi connectivity index (χ2n) is 8.30. The van der Waals surface area contributed by atoms with Crippen molar-refractivity contribution in [3.8, 4) is 11.5 Å². The molecule has 10 nitrogen and oxygen atoms in total. The van der Waals surface area contributed by atoms with E-state index in [4.69, 9.17) is 14.2 Å². The van der Waals surface area contributed by atoms with Crippen LogP contribution in [0.3, 0.4) is 0 Å². The summed E-state index contributed by atoms with van der Waals surface area (Å²) >= 11 is 0. The summed E-state index contributed by atoms with van der Waals surface area (Å²) in [7, 11) is 1.60. The van der Waals surface area contributed by atoms with E-state index in [-0.39, 0.29) is 5.91 Å². The highest BCUT2D eigenvalue weighted by Crippen LogP contribution is 2.39. The molecule has 1 saturated carbocycles. The maximum absolute atomic E-state index is 13.0. The van der Waals surface area contributed by atoms with Gasteiger partial charge in [0.1, 0.15) is 25.3 Å². The molecule has 0 radical (unpaired) electrons. The molecule has 1 aromatic carbocycles. The van der Waals surface area contributed by atoms with E-state index >= 15 is 0 Å². The highest BCUT2D eigenvalue weighted by Gasteiger charge is 2.56. The fourth-order valence-corrected chi connectivity index (χ4v) is 4.45. The van der Waals surface area contributed by atoms with E-state index in [1.807, 2.05) is 0 Å². The first-order chi connectivity index (χ1) is 15.3. The summed E-state index contributed by atoms with van der Waals surface area (Å²) in [6, 6.07) is 4.45. The van der Waals surface area contributed by atoms with E-state index < -0.39 is 36.1 Å². The van der Waals surface area contributed by atoms with E-state index in [1.165, 1.54) is 11.8 Å². The maximum Gasteiger partial charge on any atom is 0.327 e. The molecule has 2 aliphatic heterocycles. The Morgan fingerprint density at radius 2 is 1.81 bits per heavy atom. The molecule has 0 aromatic heterocycles. The van der Waals surface area contributed by atoms with Crippen molar-refractivity contribution in [2.45, 2.75) is 50.7 Å². The number of anilines is 1. The smallest absolute Gasteiger partial charge is 0.327 e. The van der Waals surface area contributed by atoms with E-state index in [0.29, 0.717) is 43.2 Å². The molecule has 1 aliphatic carbocycles. The highest BCUT2D eigenvalue weighted by atomic mass is 16.6. The number of imide groups is 1. The molecule has 2 fully saturated rings. The number of hydrogen-bond acceptors (Lipinski definition) is 7. The highest BCUT2D eigenvalue weighted by molar-refractivity contribution is 6.08. The van der Waals surface area contributed by atoms with E-state index in [2.05, 4.69) is 5.32 Å². The van der Waals surface area contributed by atoms with Crippen LogP contribution in [0.4, 0.5) is 10.5 Å². The number of nitrogens with zero attached hydrogens (tertiary/aromatic N) is 2. The van der Waals surface area contributed by atoms with E-state index in [1.54, 1.807) is 25.2 Å². The summed E-state index contributed by atoms with van der Waals surface area (Å²) in [5.41, 5.74) is -0.399. The minimum absolute atomic E-state index is 0.366. The number of amides is 4. The Balaban J connectivity index is 1.34. The summed E-state index contributed by atoms with van der Waals surface area (Å²) in [5.74, 6) is -0.623. The number of rotatable bonds is 5. The van der Waals surface area contributed by atoms with Crippen LogP contribution in [-0.4, -0.2) is 72.1 Å². The summed E-state index contributed by atoms with van der Waals surface area (Å²) in [6.07, 6.45) is 2.80. The minimum atomic E-state index is -1.12. The number of esters is 1. The number of benzene rings is 1. The summed E-state index contributed by atoms with van der Waals surface area (Å²) in [6.45, 7) is 1.78. The summed E-state index contributed by atoms with van der Waals surface area (Å²) in [4.78, 5) is 52.9.